The van der Waals surface area contributed by atoms with E-state index in [2.05, 4.69) is 9.13 Å². The summed E-state index contributed by atoms with van der Waals surface area (Å²) in [6, 6.07) is 0. The molecule has 0 aromatic rings. The minimum Gasteiger partial charge on any atom is -0.492 e. The molecular formula is C4H6N2O3S. The summed E-state index contributed by atoms with van der Waals surface area (Å²) >= 11 is 0. The lowest BCUT2D eigenvalue weighted by Crippen LogP contribution is -2.12. The molecule has 10 heavy (non-hydrogen) atoms. The Kier molecular flexibility index (Phi) is 1.40. The van der Waals surface area contributed by atoms with Crippen LogP contribution < -0.4 is 5.73 Å². The van der Waals surface area contributed by atoms with Crippen LogP contribution in [0, 0.1) is 0 Å². The summed E-state index contributed by atoms with van der Waals surface area (Å²) in [4.78, 5) is 0. The fourth-order valence-electron chi connectivity index (χ4n) is 0.557. The summed E-state index contributed by atoms with van der Waals surface area (Å²) in [7, 11) is -2.15. The molecule has 0 amide bonds. The van der Waals surface area contributed by atoms with Gasteiger partial charge in [-0.05, 0) is 0 Å². The number of amidine groups is 1. The number of rotatable bonds is 1. The van der Waals surface area contributed by atoms with Gasteiger partial charge in [-0.1, -0.05) is 0 Å². The quantitative estimate of drug-likeness (QED) is 0.545. The van der Waals surface area contributed by atoms with Crippen LogP contribution in [0.5, 0.6) is 0 Å². The highest BCUT2D eigenvalue weighted by molar-refractivity contribution is 7.93. The highest BCUT2D eigenvalue weighted by Gasteiger charge is 2.19. The summed E-state index contributed by atoms with van der Waals surface area (Å²) < 4.78 is 28.9. The lowest BCUT2D eigenvalue weighted by Gasteiger charge is -1.94. The molecule has 1 rings (SSSR count). The SMILES string of the molecule is COC1=CS(=O)(=O)N=C1N. The molecule has 0 fully saturated rings. The van der Waals surface area contributed by atoms with Gasteiger partial charge in [0.25, 0.3) is 10.0 Å². The topological polar surface area (TPSA) is 81.8 Å². The summed E-state index contributed by atoms with van der Waals surface area (Å²) in [6.07, 6.45) is 0. The molecule has 0 aliphatic carbocycles. The van der Waals surface area contributed by atoms with E-state index < -0.39 is 10.0 Å². The fourth-order valence-corrected chi connectivity index (χ4v) is 1.46. The first-order valence-electron chi connectivity index (χ1n) is 2.41. The maximum Gasteiger partial charge on any atom is 0.281 e. The van der Waals surface area contributed by atoms with Gasteiger partial charge >= 0.3 is 0 Å². The van der Waals surface area contributed by atoms with Crippen LogP contribution in [0.2, 0.25) is 0 Å². The van der Waals surface area contributed by atoms with Crippen molar-refractivity contribution in [2.75, 3.05) is 7.11 Å². The number of nitrogens with two attached hydrogens (primary N) is 1. The molecule has 6 heteroatoms. The molecule has 0 atom stereocenters. The van der Waals surface area contributed by atoms with E-state index in [1.165, 1.54) is 7.11 Å². The van der Waals surface area contributed by atoms with Gasteiger partial charge in [0.05, 0.1) is 12.5 Å². The molecule has 1 aliphatic rings. The van der Waals surface area contributed by atoms with Crippen molar-refractivity contribution < 1.29 is 13.2 Å². The molecule has 0 saturated carbocycles. The third-order valence-corrected chi connectivity index (χ3v) is 1.92. The van der Waals surface area contributed by atoms with E-state index in [4.69, 9.17) is 5.73 Å². The Morgan fingerprint density at radius 3 is 2.50 bits per heavy atom. The first-order valence-corrected chi connectivity index (χ1v) is 3.92. The van der Waals surface area contributed by atoms with Gasteiger partial charge in [-0.15, -0.1) is 4.40 Å². The second kappa shape index (κ2) is 1.98. The Hall–Kier alpha value is -1.04. The van der Waals surface area contributed by atoms with E-state index in [0.29, 0.717) is 0 Å². The molecule has 56 valence electrons. The summed E-state index contributed by atoms with van der Waals surface area (Å²) in [5.41, 5.74) is 5.14. The molecule has 0 bridgehead atoms. The monoisotopic (exact) mass is 162 g/mol. The number of hydrogen-bond acceptors (Lipinski definition) is 4. The van der Waals surface area contributed by atoms with E-state index in [9.17, 15) is 8.42 Å². The summed E-state index contributed by atoms with van der Waals surface area (Å²) in [5.74, 6) is 0.00231. The minimum absolute atomic E-state index is 0.0949. The zero-order valence-corrected chi connectivity index (χ0v) is 6.05. The van der Waals surface area contributed by atoms with Crippen LogP contribution in [0.25, 0.3) is 0 Å². The second-order valence-corrected chi connectivity index (χ2v) is 3.13. The molecule has 1 aliphatic heterocycles. The van der Waals surface area contributed by atoms with E-state index in [1.54, 1.807) is 0 Å². The highest BCUT2D eigenvalue weighted by Crippen LogP contribution is 2.11. The molecule has 0 radical (unpaired) electrons. The normalized spacial score (nSPS) is 21.7. The zero-order valence-electron chi connectivity index (χ0n) is 5.23. The van der Waals surface area contributed by atoms with Crippen molar-refractivity contribution in [2.24, 2.45) is 10.1 Å². The van der Waals surface area contributed by atoms with Gasteiger partial charge in [0.2, 0.25) is 0 Å². The largest absolute Gasteiger partial charge is 0.492 e. The van der Waals surface area contributed by atoms with Crippen LogP contribution >= 0.6 is 0 Å². The number of sulfonamides is 1. The van der Waals surface area contributed by atoms with E-state index in [-0.39, 0.29) is 11.6 Å². The predicted octanol–water partition coefficient (Wildman–Crippen LogP) is -0.825. The molecule has 0 unspecified atom stereocenters. The van der Waals surface area contributed by atoms with Crippen molar-refractivity contribution in [1.82, 2.24) is 0 Å². The van der Waals surface area contributed by atoms with Gasteiger partial charge in [-0.2, -0.15) is 8.42 Å². The Morgan fingerprint density at radius 2 is 2.30 bits per heavy atom. The van der Waals surface area contributed by atoms with E-state index in [1.807, 2.05) is 0 Å². The third kappa shape index (κ3) is 1.10. The van der Waals surface area contributed by atoms with Crippen molar-refractivity contribution in [2.45, 2.75) is 0 Å². The zero-order chi connectivity index (χ0) is 7.78. The standard InChI is InChI=1S/C4H6N2O3S/c1-9-3-2-10(7,8)6-4(3)5/h2H,1H3,(H2,5,6). The maximum atomic E-state index is 10.6. The Morgan fingerprint density at radius 1 is 1.70 bits per heavy atom. The fraction of sp³-hybridized carbons (Fsp3) is 0.250. The Labute approximate surface area is 58.2 Å². The highest BCUT2D eigenvalue weighted by atomic mass is 32.2. The molecule has 0 aromatic carbocycles. The third-order valence-electron chi connectivity index (χ3n) is 0.954. The van der Waals surface area contributed by atoms with Crippen molar-refractivity contribution in [3.05, 3.63) is 11.2 Å². The van der Waals surface area contributed by atoms with Crippen molar-refractivity contribution in [3.63, 3.8) is 0 Å². The van der Waals surface area contributed by atoms with Crippen molar-refractivity contribution >= 4 is 15.9 Å². The van der Waals surface area contributed by atoms with Gasteiger partial charge in [0.1, 0.15) is 0 Å². The van der Waals surface area contributed by atoms with E-state index >= 15 is 0 Å². The minimum atomic E-state index is -3.48. The Bertz CT molecular complexity index is 300. The lowest BCUT2D eigenvalue weighted by atomic mass is 10.5. The molecular weight excluding hydrogens is 156 g/mol. The second-order valence-electron chi connectivity index (χ2n) is 1.68. The molecule has 1 heterocycles. The number of methoxy groups -OCH3 is 1. The maximum absolute atomic E-state index is 10.6. The van der Waals surface area contributed by atoms with Gasteiger partial charge in [-0.3, -0.25) is 0 Å². The smallest absolute Gasteiger partial charge is 0.281 e. The van der Waals surface area contributed by atoms with Crippen LogP contribution in [-0.4, -0.2) is 21.4 Å². The lowest BCUT2D eigenvalue weighted by molar-refractivity contribution is 0.316. The summed E-state index contributed by atoms with van der Waals surface area (Å²) in [6.45, 7) is 0. The van der Waals surface area contributed by atoms with Gasteiger partial charge in [0, 0.05) is 0 Å². The van der Waals surface area contributed by atoms with Crippen LogP contribution in [-0.2, 0) is 14.8 Å². The number of ether oxygens (including phenoxy) is 1. The first-order chi connectivity index (χ1) is 4.55. The van der Waals surface area contributed by atoms with Crippen molar-refractivity contribution in [3.8, 4) is 0 Å². The van der Waals surface area contributed by atoms with E-state index in [0.717, 1.165) is 5.41 Å². The van der Waals surface area contributed by atoms with Gasteiger partial charge in [0.15, 0.2) is 11.6 Å². The van der Waals surface area contributed by atoms with Crippen LogP contribution in [0.4, 0.5) is 0 Å². The van der Waals surface area contributed by atoms with Crippen LogP contribution in [0.1, 0.15) is 0 Å². The summed E-state index contributed by atoms with van der Waals surface area (Å²) in [5, 5.41) is 0.877. The average molecular weight is 162 g/mol. The van der Waals surface area contributed by atoms with Crippen LogP contribution in [0.3, 0.4) is 0 Å². The molecule has 0 aromatic heterocycles. The number of hydrogen-bond donors (Lipinski definition) is 1. The molecule has 0 spiro atoms. The Balaban J connectivity index is 3.14. The predicted molar refractivity (Wildman–Crippen MR) is 35.6 cm³/mol. The van der Waals surface area contributed by atoms with Crippen LogP contribution in [0.15, 0.2) is 15.6 Å². The van der Waals surface area contributed by atoms with Gasteiger partial charge in [-0.25, -0.2) is 0 Å². The average Bonchev–Trinajstić information content (AvgIpc) is 2.05. The molecule has 2 N–H and O–H groups in total. The molecule has 0 saturated heterocycles. The van der Waals surface area contributed by atoms with Gasteiger partial charge < -0.3 is 10.5 Å². The molecule has 5 nitrogen and oxygen atoms in total. The first kappa shape index (κ1) is 7.07. The number of nitrogens with zero attached hydrogens (tertiary/aromatic N) is 1. The van der Waals surface area contributed by atoms with Crippen molar-refractivity contribution in [1.29, 1.82) is 0 Å².